The second-order valence-electron chi connectivity index (χ2n) is 4.84. The van der Waals surface area contributed by atoms with Crippen molar-refractivity contribution in [3.05, 3.63) is 65.5 Å². The average molecular weight is 296 g/mol. The molecule has 1 unspecified atom stereocenters. The van der Waals surface area contributed by atoms with Gasteiger partial charge in [-0.25, -0.2) is 4.79 Å². The van der Waals surface area contributed by atoms with Gasteiger partial charge in [-0.05, 0) is 31.2 Å². The van der Waals surface area contributed by atoms with Crippen LogP contribution in [0.5, 0.6) is 0 Å². The first-order valence-electron chi connectivity index (χ1n) is 6.70. The molecular weight excluding hydrogens is 284 g/mol. The van der Waals surface area contributed by atoms with Gasteiger partial charge in [-0.3, -0.25) is 14.6 Å². The number of carbonyl (C=O) groups excluding carboxylic acids is 3. The van der Waals surface area contributed by atoms with Gasteiger partial charge >= 0.3 is 5.97 Å². The molecule has 2 aromatic rings. The number of amides is 2. The van der Waals surface area contributed by atoms with Crippen molar-refractivity contribution in [3.8, 4) is 0 Å². The Labute approximate surface area is 126 Å². The highest BCUT2D eigenvalue weighted by Crippen LogP contribution is 2.24. The van der Waals surface area contributed by atoms with E-state index >= 15 is 0 Å². The van der Waals surface area contributed by atoms with E-state index in [2.05, 4.69) is 4.98 Å². The van der Waals surface area contributed by atoms with Crippen LogP contribution in [0.1, 0.15) is 39.3 Å². The predicted octanol–water partition coefficient (Wildman–Crippen LogP) is 1.94. The van der Waals surface area contributed by atoms with Gasteiger partial charge in [-0.2, -0.15) is 0 Å². The summed E-state index contributed by atoms with van der Waals surface area (Å²) in [4.78, 5) is 45.4. The van der Waals surface area contributed by atoms with Gasteiger partial charge in [-0.15, -0.1) is 0 Å². The Hall–Kier alpha value is -3.02. The molecule has 0 fully saturated rings. The number of hydroxylamine groups is 2. The van der Waals surface area contributed by atoms with Gasteiger partial charge in [0.05, 0.1) is 22.7 Å². The third-order valence-electron chi connectivity index (χ3n) is 3.42. The highest BCUT2D eigenvalue weighted by atomic mass is 16.7. The van der Waals surface area contributed by atoms with Gasteiger partial charge < -0.3 is 4.84 Å². The van der Waals surface area contributed by atoms with Crippen LogP contribution in [0.2, 0.25) is 0 Å². The summed E-state index contributed by atoms with van der Waals surface area (Å²) in [6.45, 7) is 1.60. The summed E-state index contributed by atoms with van der Waals surface area (Å²) in [7, 11) is 0. The van der Waals surface area contributed by atoms with Crippen molar-refractivity contribution in [2.45, 2.75) is 12.8 Å². The number of rotatable bonds is 3. The number of carbonyl (C=O) groups is 3. The van der Waals surface area contributed by atoms with Gasteiger partial charge in [0.15, 0.2) is 0 Å². The lowest BCUT2D eigenvalue weighted by Gasteiger charge is -2.15. The largest absolute Gasteiger partial charge is 0.341 e. The smallest absolute Gasteiger partial charge is 0.329 e. The lowest BCUT2D eigenvalue weighted by atomic mass is 10.1. The Morgan fingerprint density at radius 3 is 2.18 bits per heavy atom. The van der Waals surface area contributed by atoms with Crippen LogP contribution in [-0.2, 0) is 9.63 Å². The van der Waals surface area contributed by atoms with E-state index in [9.17, 15) is 14.4 Å². The molecular formula is C16H12N2O4. The third kappa shape index (κ3) is 2.24. The molecule has 1 aliphatic rings. The van der Waals surface area contributed by atoms with Gasteiger partial charge in [0.2, 0.25) is 0 Å². The van der Waals surface area contributed by atoms with E-state index in [0.29, 0.717) is 10.8 Å². The Balaban J connectivity index is 1.79. The summed E-state index contributed by atoms with van der Waals surface area (Å²) >= 11 is 0. The molecule has 0 aliphatic carbocycles. The predicted molar refractivity (Wildman–Crippen MR) is 75.7 cm³/mol. The van der Waals surface area contributed by atoms with Crippen LogP contribution in [0.4, 0.5) is 0 Å². The van der Waals surface area contributed by atoms with Crippen LogP contribution in [0.3, 0.4) is 0 Å². The van der Waals surface area contributed by atoms with Crippen molar-refractivity contribution >= 4 is 17.8 Å². The second-order valence-corrected chi connectivity index (χ2v) is 4.84. The number of nitrogens with zero attached hydrogens (tertiary/aromatic N) is 2. The molecule has 3 rings (SSSR count). The van der Waals surface area contributed by atoms with Crippen LogP contribution in [0, 0.1) is 0 Å². The third-order valence-corrected chi connectivity index (χ3v) is 3.42. The topological polar surface area (TPSA) is 76.6 Å². The number of hydrogen-bond donors (Lipinski definition) is 0. The monoisotopic (exact) mass is 296 g/mol. The van der Waals surface area contributed by atoms with E-state index < -0.39 is 23.7 Å². The normalized spacial score (nSPS) is 14.7. The molecule has 1 aromatic carbocycles. The molecule has 110 valence electrons. The molecule has 0 radical (unpaired) electrons. The molecule has 0 spiro atoms. The summed E-state index contributed by atoms with van der Waals surface area (Å²) in [5, 5.41) is 0.506. The number of benzene rings is 1. The Bertz CT molecular complexity index is 723. The maximum Gasteiger partial charge on any atom is 0.341 e. The minimum Gasteiger partial charge on any atom is -0.329 e. The van der Waals surface area contributed by atoms with E-state index in [1.54, 1.807) is 43.5 Å². The van der Waals surface area contributed by atoms with E-state index in [0.717, 1.165) is 0 Å². The maximum absolute atomic E-state index is 12.1. The number of aromatic nitrogens is 1. The zero-order valence-corrected chi connectivity index (χ0v) is 11.7. The van der Waals surface area contributed by atoms with Gasteiger partial charge in [0.1, 0.15) is 0 Å². The highest BCUT2D eigenvalue weighted by Gasteiger charge is 2.39. The first-order chi connectivity index (χ1) is 10.6. The van der Waals surface area contributed by atoms with Crippen LogP contribution < -0.4 is 0 Å². The highest BCUT2D eigenvalue weighted by molar-refractivity contribution is 6.20. The van der Waals surface area contributed by atoms with Gasteiger partial charge in [0, 0.05) is 6.20 Å². The molecule has 0 saturated heterocycles. The fourth-order valence-corrected chi connectivity index (χ4v) is 2.17. The van der Waals surface area contributed by atoms with E-state index in [1.165, 1.54) is 12.1 Å². The minimum absolute atomic E-state index is 0.228. The standard InChI is InChI=1S/C16H12N2O4/c1-10(13-8-4-5-9-17-13)16(21)22-18-14(19)11-6-2-3-7-12(11)15(18)20/h2-10H,1H3. The van der Waals surface area contributed by atoms with Crippen molar-refractivity contribution in [1.29, 1.82) is 0 Å². The van der Waals surface area contributed by atoms with Gasteiger partial charge in [-0.1, -0.05) is 23.3 Å². The van der Waals surface area contributed by atoms with Crippen molar-refractivity contribution in [1.82, 2.24) is 10.0 Å². The van der Waals surface area contributed by atoms with E-state index in [-0.39, 0.29) is 11.1 Å². The number of fused-ring (bicyclic) bond motifs is 1. The van der Waals surface area contributed by atoms with E-state index in [1.807, 2.05) is 0 Å². The number of hydrogen-bond acceptors (Lipinski definition) is 5. The SMILES string of the molecule is CC(C(=O)ON1C(=O)c2ccccc2C1=O)c1ccccn1. The van der Waals surface area contributed by atoms with Crippen LogP contribution in [0.15, 0.2) is 48.7 Å². The number of imide groups is 1. The number of pyridine rings is 1. The Morgan fingerprint density at radius 2 is 1.64 bits per heavy atom. The van der Waals surface area contributed by atoms with Crippen molar-refractivity contribution < 1.29 is 19.2 Å². The van der Waals surface area contributed by atoms with Crippen molar-refractivity contribution in [3.63, 3.8) is 0 Å². The lowest BCUT2D eigenvalue weighted by Crippen LogP contribution is -2.34. The van der Waals surface area contributed by atoms with Crippen LogP contribution in [0.25, 0.3) is 0 Å². The molecule has 22 heavy (non-hydrogen) atoms. The molecule has 0 N–H and O–H groups in total. The molecule has 2 heterocycles. The quantitative estimate of drug-likeness (QED) is 0.809. The van der Waals surface area contributed by atoms with Crippen LogP contribution >= 0.6 is 0 Å². The molecule has 1 aromatic heterocycles. The molecule has 2 amide bonds. The Morgan fingerprint density at radius 1 is 1.05 bits per heavy atom. The van der Waals surface area contributed by atoms with Gasteiger partial charge in [0.25, 0.3) is 11.8 Å². The molecule has 1 atom stereocenters. The summed E-state index contributed by atoms with van der Waals surface area (Å²) in [6, 6.07) is 11.5. The summed E-state index contributed by atoms with van der Waals surface area (Å²) in [5.41, 5.74) is 0.959. The van der Waals surface area contributed by atoms with Crippen molar-refractivity contribution in [2.75, 3.05) is 0 Å². The first kappa shape index (κ1) is 13.9. The van der Waals surface area contributed by atoms with Crippen LogP contribution in [-0.4, -0.2) is 27.8 Å². The molecule has 1 aliphatic heterocycles. The Kier molecular flexibility index (Phi) is 3.42. The fraction of sp³-hybridized carbons (Fsp3) is 0.125. The summed E-state index contributed by atoms with van der Waals surface area (Å²) in [6.07, 6.45) is 1.56. The molecule has 6 heteroatoms. The second kappa shape index (κ2) is 5.40. The summed E-state index contributed by atoms with van der Waals surface area (Å²) in [5.74, 6) is -2.68. The maximum atomic E-state index is 12.1. The minimum atomic E-state index is -0.715. The van der Waals surface area contributed by atoms with Crippen molar-refractivity contribution in [2.24, 2.45) is 0 Å². The molecule has 0 saturated carbocycles. The summed E-state index contributed by atoms with van der Waals surface area (Å²) < 4.78 is 0. The zero-order chi connectivity index (χ0) is 15.7. The fourth-order valence-electron chi connectivity index (χ4n) is 2.17. The average Bonchev–Trinajstić information content (AvgIpc) is 2.80. The zero-order valence-electron chi connectivity index (χ0n) is 11.7. The first-order valence-corrected chi connectivity index (χ1v) is 6.70. The van der Waals surface area contributed by atoms with E-state index in [4.69, 9.17) is 4.84 Å². The lowest BCUT2D eigenvalue weighted by molar-refractivity contribution is -0.170. The molecule has 6 nitrogen and oxygen atoms in total. The molecule has 0 bridgehead atoms.